The molecule has 5 rings (SSSR count). The highest BCUT2D eigenvalue weighted by atomic mass is 35.5. The van der Waals surface area contributed by atoms with Crippen molar-refractivity contribution in [2.24, 2.45) is 14.1 Å². The Hall–Kier alpha value is -4.47. The molecule has 0 bridgehead atoms. The number of hydrogen-bond acceptors (Lipinski definition) is 6. The second-order valence-corrected chi connectivity index (χ2v) is 11.8. The summed E-state index contributed by atoms with van der Waals surface area (Å²) in [6.45, 7) is -1.01. The maximum absolute atomic E-state index is 13.6. The summed E-state index contributed by atoms with van der Waals surface area (Å²) in [6.07, 6.45) is -7.71. The van der Waals surface area contributed by atoms with Crippen LogP contribution in [0.3, 0.4) is 0 Å². The minimum Gasteiger partial charge on any atom is -0.487 e. The molecule has 2 heterocycles. The van der Waals surface area contributed by atoms with Crippen molar-refractivity contribution in [2.45, 2.75) is 25.4 Å². The number of aromatic nitrogens is 4. The van der Waals surface area contributed by atoms with Crippen LogP contribution in [0, 0.1) is 5.82 Å². The van der Waals surface area contributed by atoms with E-state index in [-0.39, 0.29) is 67.8 Å². The Morgan fingerprint density at radius 2 is 1.73 bits per heavy atom. The van der Waals surface area contributed by atoms with Crippen molar-refractivity contribution in [3.8, 4) is 5.75 Å². The van der Waals surface area contributed by atoms with Crippen molar-refractivity contribution in [1.29, 1.82) is 0 Å². The van der Waals surface area contributed by atoms with Crippen molar-refractivity contribution in [1.82, 2.24) is 19.3 Å². The molecule has 3 aromatic carbocycles. The van der Waals surface area contributed by atoms with Crippen LogP contribution in [-0.2, 0) is 26.7 Å². The first-order valence-corrected chi connectivity index (χ1v) is 15.2. The van der Waals surface area contributed by atoms with Crippen LogP contribution in [0.4, 0.5) is 43.7 Å². The lowest BCUT2D eigenvalue weighted by Gasteiger charge is -2.14. The zero-order valence-electron chi connectivity index (χ0n) is 25.2. The molecule has 0 atom stereocenters. The number of fused-ring (bicyclic) bond motifs is 1. The van der Waals surface area contributed by atoms with E-state index < -0.39 is 42.4 Å². The third-order valence-corrected chi connectivity index (χ3v) is 8.29. The lowest BCUT2D eigenvalue weighted by molar-refractivity contribution is -0.141. The highest BCUT2D eigenvalue weighted by Crippen LogP contribution is 2.38. The van der Waals surface area contributed by atoms with Crippen LogP contribution in [0.25, 0.3) is 11.0 Å². The molecule has 0 saturated carbocycles. The number of ether oxygens (including phenoxy) is 1. The van der Waals surface area contributed by atoms with Crippen molar-refractivity contribution >= 4 is 74.8 Å². The number of halogens is 9. The van der Waals surface area contributed by atoms with Gasteiger partial charge in [-0.15, -0.1) is 0 Å². The predicted molar refractivity (Wildman–Crippen MR) is 172 cm³/mol. The number of amides is 1. The number of carbonyl (C=O) groups excluding carboxylic acids is 2. The van der Waals surface area contributed by atoms with E-state index in [1.807, 2.05) is 0 Å². The smallest absolute Gasteiger partial charge is 0.435 e. The number of rotatable bonds is 11. The van der Waals surface area contributed by atoms with Gasteiger partial charge in [-0.25, -0.2) is 18.2 Å². The average molecular weight is 748 g/mol. The molecule has 1 amide bonds. The van der Waals surface area contributed by atoms with Crippen molar-refractivity contribution in [3.63, 3.8) is 0 Å². The van der Waals surface area contributed by atoms with E-state index in [0.717, 1.165) is 10.7 Å². The summed E-state index contributed by atoms with van der Waals surface area (Å²) in [5.41, 5.74) is -0.199. The second-order valence-electron chi connectivity index (χ2n) is 10.6. The predicted octanol–water partition coefficient (Wildman–Crippen LogP) is 8.88. The first kappa shape index (κ1) is 35.8. The average Bonchev–Trinajstić information content (AvgIpc) is 3.58. The Labute approximate surface area is 288 Å². The summed E-state index contributed by atoms with van der Waals surface area (Å²) in [6, 6.07) is 9.89. The number of nitrogens with zero attached hydrogens (tertiary/aromatic N) is 4. The fraction of sp³-hybridized carbons (Fsp3) is 0.226. The lowest BCUT2D eigenvalue weighted by atomic mass is 10.0. The number of benzene rings is 3. The van der Waals surface area contributed by atoms with Gasteiger partial charge in [0.15, 0.2) is 11.5 Å². The quantitative estimate of drug-likeness (QED) is 0.103. The molecule has 18 heteroatoms. The molecule has 0 unspecified atom stereocenters. The van der Waals surface area contributed by atoms with E-state index in [2.05, 4.69) is 20.7 Å². The monoisotopic (exact) mass is 746 g/mol. The van der Waals surface area contributed by atoms with Gasteiger partial charge in [0.05, 0.1) is 37.4 Å². The van der Waals surface area contributed by atoms with Crippen LogP contribution in [0.1, 0.15) is 38.5 Å². The third kappa shape index (κ3) is 7.89. The van der Waals surface area contributed by atoms with Gasteiger partial charge in [-0.1, -0.05) is 40.9 Å². The Balaban J connectivity index is 1.42. The van der Waals surface area contributed by atoms with Gasteiger partial charge in [-0.3, -0.25) is 14.3 Å². The van der Waals surface area contributed by atoms with E-state index in [9.17, 15) is 35.9 Å². The van der Waals surface area contributed by atoms with Gasteiger partial charge in [0.2, 0.25) is 5.95 Å². The molecule has 258 valence electrons. The first-order valence-electron chi connectivity index (χ1n) is 14.1. The molecular formula is C31H23Cl3F6N6O3. The summed E-state index contributed by atoms with van der Waals surface area (Å²) in [7, 11) is 2.82. The topological polar surface area (TPSA) is 103 Å². The van der Waals surface area contributed by atoms with E-state index >= 15 is 0 Å². The number of hydrogen-bond donors (Lipinski definition) is 2. The van der Waals surface area contributed by atoms with E-state index in [1.165, 1.54) is 41.9 Å². The van der Waals surface area contributed by atoms with Crippen molar-refractivity contribution in [3.05, 3.63) is 91.9 Å². The van der Waals surface area contributed by atoms with Crippen LogP contribution in [0.5, 0.6) is 5.75 Å². The molecule has 0 fully saturated rings. The van der Waals surface area contributed by atoms with Gasteiger partial charge >= 0.3 is 6.18 Å². The molecule has 2 aromatic heterocycles. The zero-order chi connectivity index (χ0) is 35.8. The molecule has 2 N–H and O–H groups in total. The molecule has 5 aromatic rings. The summed E-state index contributed by atoms with van der Waals surface area (Å²) in [5, 5.41) is 8.91. The highest BCUT2D eigenvalue weighted by Gasteiger charge is 2.35. The van der Waals surface area contributed by atoms with Gasteiger partial charge in [0.25, 0.3) is 12.3 Å². The molecule has 0 saturated heterocycles. The summed E-state index contributed by atoms with van der Waals surface area (Å²) in [5.74, 6) is -2.10. The third-order valence-electron chi connectivity index (χ3n) is 7.25. The van der Waals surface area contributed by atoms with Crippen molar-refractivity contribution < 1.29 is 40.7 Å². The molecule has 49 heavy (non-hydrogen) atoms. The number of carbonyl (C=O) groups is 2. The fourth-order valence-electron chi connectivity index (χ4n) is 4.81. The minimum atomic E-state index is -4.71. The van der Waals surface area contributed by atoms with Gasteiger partial charge in [0.1, 0.15) is 23.9 Å². The van der Waals surface area contributed by atoms with Crippen LogP contribution in [0.15, 0.2) is 48.5 Å². The van der Waals surface area contributed by atoms with Gasteiger partial charge in [-0.2, -0.15) is 18.3 Å². The zero-order valence-corrected chi connectivity index (χ0v) is 27.5. The van der Waals surface area contributed by atoms with Crippen molar-refractivity contribution in [2.75, 3.05) is 17.2 Å². The SMILES string of the molecule is Cn1nc(C(F)(F)F)cc1C(=O)CCc1ccc(Cl)c(Nc2nc3cc(C(=O)Nc4ccc(F)c(Cl)c4)c(OCC(F)F)cc3n2C)c1Cl. The highest BCUT2D eigenvalue weighted by molar-refractivity contribution is 6.39. The Kier molecular flexibility index (Phi) is 10.4. The van der Waals surface area contributed by atoms with E-state index in [1.54, 1.807) is 13.1 Å². The molecular weight excluding hydrogens is 725 g/mol. The Morgan fingerprint density at radius 3 is 2.39 bits per heavy atom. The molecule has 0 aliphatic rings. The van der Waals surface area contributed by atoms with E-state index in [4.69, 9.17) is 39.5 Å². The standard InChI is InChI=1S/C31H23Cl3F6N6O3/c1-45-21-11-24(49-13-26(36)37)16(29(48)41-15-5-7-19(35)18(33)9-15)10-20(21)42-30(45)43-28-17(32)6-3-14(27(28)34)4-8-23(47)22-12-25(31(38,39)40)44-46(22)2/h3,5-7,9-12,26H,4,8,13H2,1-2H3,(H,41,48)(H,42,43). The molecule has 0 aliphatic heterocycles. The number of Topliss-reactive ketones (excluding diaryl/α,β-unsaturated/α-hetero) is 1. The number of nitrogens with one attached hydrogen (secondary N) is 2. The minimum absolute atomic E-state index is 0.0428. The Morgan fingerprint density at radius 1 is 1.00 bits per heavy atom. The fourth-order valence-corrected chi connectivity index (χ4v) is 5.55. The van der Waals surface area contributed by atoms with Crippen LogP contribution in [-0.4, -0.2) is 44.1 Å². The molecule has 0 spiro atoms. The summed E-state index contributed by atoms with van der Waals surface area (Å²) in [4.78, 5) is 30.5. The van der Waals surface area contributed by atoms with E-state index in [0.29, 0.717) is 17.1 Å². The number of ketones is 1. The number of alkyl halides is 5. The summed E-state index contributed by atoms with van der Waals surface area (Å²) < 4.78 is 86.6. The summed E-state index contributed by atoms with van der Waals surface area (Å²) >= 11 is 18.9. The van der Waals surface area contributed by atoms with Crippen LogP contribution in [0.2, 0.25) is 15.1 Å². The van der Waals surface area contributed by atoms with Crippen LogP contribution < -0.4 is 15.4 Å². The largest absolute Gasteiger partial charge is 0.487 e. The lowest BCUT2D eigenvalue weighted by Crippen LogP contribution is -2.16. The maximum Gasteiger partial charge on any atom is 0.435 e. The molecule has 0 radical (unpaired) electrons. The number of imidazole rings is 1. The number of anilines is 3. The molecule has 0 aliphatic carbocycles. The molecule has 9 nitrogen and oxygen atoms in total. The Bertz CT molecular complexity index is 2080. The van der Waals surface area contributed by atoms with Gasteiger partial charge in [-0.05, 0) is 48.4 Å². The number of aryl methyl sites for hydroxylation is 3. The van der Waals surface area contributed by atoms with Gasteiger partial charge in [0, 0.05) is 32.3 Å². The second kappa shape index (κ2) is 14.2. The first-order chi connectivity index (χ1) is 23.0. The normalized spacial score (nSPS) is 11.8. The van der Waals surface area contributed by atoms with Crippen LogP contribution >= 0.6 is 34.8 Å². The van der Waals surface area contributed by atoms with Gasteiger partial charge < -0.3 is 19.9 Å². The maximum atomic E-state index is 13.6.